The van der Waals surface area contributed by atoms with E-state index in [2.05, 4.69) is 19.2 Å². The SMILES string of the molecule is CCC(CC)COC(=O)C1=C(C)NC2=C(C(=O)CC(c3ccccc3OC)C2)C1c1cccc(O)c1. The third-order valence-corrected chi connectivity index (χ3v) is 7.43. The Hall–Kier alpha value is -3.54. The van der Waals surface area contributed by atoms with Crippen molar-refractivity contribution in [2.45, 2.75) is 58.3 Å². The van der Waals surface area contributed by atoms with E-state index in [1.807, 2.05) is 37.3 Å². The van der Waals surface area contributed by atoms with Crippen LogP contribution in [0.2, 0.25) is 0 Å². The van der Waals surface area contributed by atoms with E-state index in [9.17, 15) is 14.7 Å². The fraction of sp³-hybridized carbons (Fsp3) is 0.400. The second-order valence-corrected chi connectivity index (χ2v) is 9.64. The van der Waals surface area contributed by atoms with E-state index in [1.54, 1.807) is 25.3 Å². The Bertz CT molecular complexity index is 1210. The van der Waals surface area contributed by atoms with E-state index in [4.69, 9.17) is 9.47 Å². The normalized spacial score (nSPS) is 19.8. The van der Waals surface area contributed by atoms with Crippen molar-refractivity contribution in [1.82, 2.24) is 5.32 Å². The lowest BCUT2D eigenvalue weighted by Gasteiger charge is -2.37. The number of esters is 1. The smallest absolute Gasteiger partial charge is 0.336 e. The second-order valence-electron chi connectivity index (χ2n) is 9.64. The molecule has 2 unspecified atom stereocenters. The van der Waals surface area contributed by atoms with Crippen LogP contribution in [0.15, 0.2) is 71.1 Å². The van der Waals surface area contributed by atoms with Gasteiger partial charge in [-0.3, -0.25) is 4.79 Å². The van der Waals surface area contributed by atoms with Crippen LogP contribution < -0.4 is 10.1 Å². The highest BCUT2D eigenvalue weighted by atomic mass is 16.5. The molecule has 6 nitrogen and oxygen atoms in total. The van der Waals surface area contributed by atoms with E-state index in [1.165, 1.54) is 0 Å². The molecule has 190 valence electrons. The third kappa shape index (κ3) is 5.03. The topological polar surface area (TPSA) is 84.9 Å². The number of dihydropyridines is 1. The van der Waals surface area contributed by atoms with Crippen LogP contribution in [0.1, 0.15) is 69.4 Å². The quantitative estimate of drug-likeness (QED) is 0.460. The number of carbonyl (C=O) groups is 2. The zero-order chi connectivity index (χ0) is 25.8. The molecule has 0 amide bonds. The molecule has 0 bridgehead atoms. The van der Waals surface area contributed by atoms with Crippen molar-refractivity contribution >= 4 is 11.8 Å². The van der Waals surface area contributed by atoms with Crippen molar-refractivity contribution in [1.29, 1.82) is 0 Å². The van der Waals surface area contributed by atoms with E-state index < -0.39 is 11.9 Å². The summed E-state index contributed by atoms with van der Waals surface area (Å²) in [5.41, 5.74) is 4.17. The van der Waals surface area contributed by atoms with E-state index >= 15 is 0 Å². The monoisotopic (exact) mass is 489 g/mol. The van der Waals surface area contributed by atoms with Gasteiger partial charge in [0.2, 0.25) is 0 Å². The summed E-state index contributed by atoms with van der Waals surface area (Å²) in [6.07, 6.45) is 2.78. The lowest BCUT2D eigenvalue weighted by Crippen LogP contribution is -2.36. The van der Waals surface area contributed by atoms with Crippen LogP contribution in [0.25, 0.3) is 0 Å². The Morgan fingerprint density at radius 3 is 2.56 bits per heavy atom. The fourth-order valence-corrected chi connectivity index (χ4v) is 5.37. The summed E-state index contributed by atoms with van der Waals surface area (Å²) in [7, 11) is 1.64. The average molecular weight is 490 g/mol. The number of Topliss-reactive ketones (excluding diaryl/α,β-unsaturated/α-hetero) is 1. The Morgan fingerprint density at radius 2 is 1.86 bits per heavy atom. The summed E-state index contributed by atoms with van der Waals surface area (Å²) in [6, 6.07) is 14.6. The highest BCUT2D eigenvalue weighted by Gasteiger charge is 2.42. The average Bonchev–Trinajstić information content (AvgIpc) is 2.88. The van der Waals surface area contributed by atoms with Gasteiger partial charge in [-0.2, -0.15) is 0 Å². The molecule has 0 aromatic heterocycles. The predicted octanol–water partition coefficient (Wildman–Crippen LogP) is 5.74. The molecule has 0 saturated heterocycles. The number of phenols is 1. The minimum Gasteiger partial charge on any atom is -0.508 e. The van der Waals surface area contributed by atoms with Gasteiger partial charge in [0.25, 0.3) is 0 Å². The van der Waals surface area contributed by atoms with Crippen molar-refractivity contribution in [3.8, 4) is 11.5 Å². The van der Waals surface area contributed by atoms with Crippen molar-refractivity contribution in [2.24, 2.45) is 5.92 Å². The number of nitrogens with one attached hydrogen (secondary N) is 1. The van der Waals surface area contributed by atoms with Gasteiger partial charge in [0.1, 0.15) is 11.5 Å². The molecule has 36 heavy (non-hydrogen) atoms. The van der Waals surface area contributed by atoms with Gasteiger partial charge in [0.15, 0.2) is 5.78 Å². The molecule has 2 aromatic rings. The Balaban J connectivity index is 1.74. The van der Waals surface area contributed by atoms with Gasteiger partial charge < -0.3 is 19.9 Å². The first kappa shape index (κ1) is 25.5. The zero-order valence-corrected chi connectivity index (χ0v) is 21.5. The second kappa shape index (κ2) is 11.0. The van der Waals surface area contributed by atoms with Crippen LogP contribution in [0.5, 0.6) is 11.5 Å². The number of phenolic OH excluding ortho intramolecular Hbond substituents is 1. The highest BCUT2D eigenvalue weighted by Crippen LogP contribution is 2.47. The van der Waals surface area contributed by atoms with E-state index in [0.29, 0.717) is 47.8 Å². The minimum absolute atomic E-state index is 0.0224. The van der Waals surface area contributed by atoms with Gasteiger partial charge in [-0.15, -0.1) is 0 Å². The van der Waals surface area contributed by atoms with Crippen molar-refractivity contribution in [2.75, 3.05) is 13.7 Å². The Kier molecular flexibility index (Phi) is 7.82. The molecule has 2 N–H and O–H groups in total. The molecule has 0 fully saturated rings. The first-order chi connectivity index (χ1) is 17.4. The van der Waals surface area contributed by atoms with Crippen molar-refractivity contribution in [3.05, 3.63) is 82.2 Å². The van der Waals surface area contributed by atoms with Gasteiger partial charge in [0.05, 0.1) is 19.3 Å². The summed E-state index contributed by atoms with van der Waals surface area (Å²) in [6.45, 7) is 6.36. The van der Waals surface area contributed by atoms with Crippen LogP contribution in [-0.4, -0.2) is 30.6 Å². The van der Waals surface area contributed by atoms with Crippen LogP contribution in [0, 0.1) is 5.92 Å². The standard InChI is InChI=1S/C30H35NO5/c1-5-19(6-2)17-36-30(34)27-18(3)31-24-15-21(23-12-7-8-13-26(23)35-4)16-25(33)29(24)28(27)20-10-9-11-22(32)14-20/h7-14,19,21,28,31-32H,5-6,15-17H2,1-4H3. The molecule has 4 rings (SSSR count). The number of allylic oxidation sites excluding steroid dienone is 3. The molecule has 6 heteroatoms. The molecule has 1 aliphatic heterocycles. The maximum Gasteiger partial charge on any atom is 0.336 e. The van der Waals surface area contributed by atoms with Gasteiger partial charge in [-0.25, -0.2) is 4.79 Å². The molecular formula is C30H35NO5. The Labute approximate surface area is 213 Å². The minimum atomic E-state index is -0.603. The van der Waals surface area contributed by atoms with Gasteiger partial charge >= 0.3 is 5.97 Å². The number of ketones is 1. The van der Waals surface area contributed by atoms with Gasteiger partial charge in [-0.05, 0) is 48.6 Å². The van der Waals surface area contributed by atoms with Crippen molar-refractivity contribution in [3.63, 3.8) is 0 Å². The number of carbonyl (C=O) groups excluding carboxylic acids is 2. The lowest BCUT2D eigenvalue weighted by molar-refractivity contribution is -0.140. The summed E-state index contributed by atoms with van der Waals surface area (Å²) >= 11 is 0. The summed E-state index contributed by atoms with van der Waals surface area (Å²) in [4.78, 5) is 27.2. The molecule has 2 atom stereocenters. The number of ether oxygens (including phenoxy) is 2. The Morgan fingerprint density at radius 1 is 1.11 bits per heavy atom. The first-order valence-corrected chi connectivity index (χ1v) is 12.7. The predicted molar refractivity (Wildman–Crippen MR) is 139 cm³/mol. The lowest BCUT2D eigenvalue weighted by atomic mass is 9.71. The number of aromatic hydroxyl groups is 1. The molecule has 1 aliphatic carbocycles. The van der Waals surface area contributed by atoms with Crippen LogP contribution in [0.3, 0.4) is 0 Å². The van der Waals surface area contributed by atoms with Crippen molar-refractivity contribution < 1.29 is 24.2 Å². The molecular weight excluding hydrogens is 454 g/mol. The highest BCUT2D eigenvalue weighted by molar-refractivity contribution is 6.04. The van der Waals surface area contributed by atoms with Crippen LogP contribution >= 0.6 is 0 Å². The van der Waals surface area contributed by atoms with Crippen LogP contribution in [-0.2, 0) is 14.3 Å². The molecule has 0 spiro atoms. The first-order valence-electron chi connectivity index (χ1n) is 12.7. The summed E-state index contributed by atoms with van der Waals surface area (Å²) in [5.74, 6) is 0.0495. The number of benzene rings is 2. The van der Waals surface area contributed by atoms with Gasteiger partial charge in [-0.1, -0.05) is 57.0 Å². The third-order valence-electron chi connectivity index (χ3n) is 7.43. The van der Waals surface area contributed by atoms with Gasteiger partial charge in [0, 0.05) is 35.2 Å². The van der Waals surface area contributed by atoms with E-state index in [0.717, 1.165) is 29.9 Å². The summed E-state index contributed by atoms with van der Waals surface area (Å²) in [5, 5.41) is 13.6. The number of methoxy groups -OCH3 is 1. The maximum atomic E-state index is 13.7. The summed E-state index contributed by atoms with van der Waals surface area (Å²) < 4.78 is 11.3. The number of para-hydroxylation sites is 1. The number of hydrogen-bond acceptors (Lipinski definition) is 6. The van der Waals surface area contributed by atoms with E-state index in [-0.39, 0.29) is 17.5 Å². The molecule has 2 aromatic carbocycles. The molecule has 0 saturated carbocycles. The number of rotatable bonds is 8. The van der Waals surface area contributed by atoms with Crippen LogP contribution in [0.4, 0.5) is 0 Å². The largest absolute Gasteiger partial charge is 0.508 e. The maximum absolute atomic E-state index is 13.7. The molecule has 1 heterocycles. The zero-order valence-electron chi connectivity index (χ0n) is 21.5. The molecule has 2 aliphatic rings. The molecule has 0 radical (unpaired) electrons. The number of hydrogen-bond donors (Lipinski definition) is 2. The fourth-order valence-electron chi connectivity index (χ4n) is 5.37.